The van der Waals surface area contributed by atoms with Gasteiger partial charge in [-0.3, -0.25) is 9.59 Å². The minimum atomic E-state index is -0.668. The summed E-state index contributed by atoms with van der Waals surface area (Å²) in [6.07, 6.45) is 3.68. The Bertz CT molecular complexity index is 1180. The van der Waals surface area contributed by atoms with Gasteiger partial charge in [-0.1, -0.05) is 24.3 Å². The molecule has 3 aromatic rings. The lowest BCUT2D eigenvalue weighted by atomic mass is 9.95. The zero-order valence-electron chi connectivity index (χ0n) is 17.0. The standard InChI is InChI=1S/C23H22N2O5S/c1-29-17-11-14-7-3-2-6-13(14)10-16(17)23(28)30-12-19(26)25-22-20(21(24)27)15-8-4-5-9-18(15)31-22/h2-3,6-7,10-11H,4-5,8-9,12H2,1H3,(H2,24,27)(H,25,26). The SMILES string of the molecule is COc1cc2ccccc2cc1C(=O)OCC(=O)Nc1sc2c(c1C(N)=O)CCCC2. The number of aryl methyl sites for hydroxylation is 1. The molecule has 7 nitrogen and oxygen atoms in total. The van der Waals surface area contributed by atoms with Crippen molar-refractivity contribution in [2.45, 2.75) is 25.7 Å². The van der Waals surface area contributed by atoms with Crippen molar-refractivity contribution in [3.8, 4) is 5.75 Å². The first-order valence-electron chi connectivity index (χ1n) is 9.96. The van der Waals surface area contributed by atoms with E-state index in [1.807, 2.05) is 24.3 Å². The van der Waals surface area contributed by atoms with Crippen molar-refractivity contribution < 1.29 is 23.9 Å². The Balaban J connectivity index is 1.47. The molecule has 0 fully saturated rings. The molecule has 0 saturated heterocycles. The fourth-order valence-electron chi connectivity index (χ4n) is 3.83. The zero-order valence-corrected chi connectivity index (χ0v) is 17.8. The molecule has 2 aromatic carbocycles. The van der Waals surface area contributed by atoms with E-state index in [0.29, 0.717) is 16.3 Å². The molecule has 0 unspecified atom stereocenters. The monoisotopic (exact) mass is 438 g/mol. The molecule has 160 valence electrons. The predicted octanol–water partition coefficient (Wildman–Crippen LogP) is 3.68. The van der Waals surface area contributed by atoms with Gasteiger partial charge >= 0.3 is 5.97 Å². The van der Waals surface area contributed by atoms with Gasteiger partial charge in [-0.05, 0) is 54.2 Å². The first kappa shape index (κ1) is 20.9. The number of carbonyl (C=O) groups excluding carboxylic acids is 3. The van der Waals surface area contributed by atoms with Crippen LogP contribution in [0.2, 0.25) is 0 Å². The molecule has 0 aliphatic heterocycles. The lowest BCUT2D eigenvalue weighted by Crippen LogP contribution is -2.23. The molecule has 4 rings (SSSR count). The third-order valence-electron chi connectivity index (χ3n) is 5.29. The summed E-state index contributed by atoms with van der Waals surface area (Å²) in [5.41, 5.74) is 7.08. The van der Waals surface area contributed by atoms with Crippen molar-refractivity contribution in [3.05, 3.63) is 58.0 Å². The zero-order chi connectivity index (χ0) is 22.0. The van der Waals surface area contributed by atoms with Crippen LogP contribution in [0.25, 0.3) is 10.8 Å². The lowest BCUT2D eigenvalue weighted by Gasteiger charge is -2.11. The number of carbonyl (C=O) groups is 3. The van der Waals surface area contributed by atoms with Crippen molar-refractivity contribution in [1.82, 2.24) is 0 Å². The van der Waals surface area contributed by atoms with Crippen molar-refractivity contribution >= 4 is 44.9 Å². The molecule has 2 amide bonds. The number of thiophene rings is 1. The van der Waals surface area contributed by atoms with Gasteiger partial charge in [0.05, 0.1) is 12.7 Å². The second-order valence-corrected chi connectivity index (χ2v) is 8.41. The van der Waals surface area contributed by atoms with E-state index in [0.717, 1.165) is 46.9 Å². The van der Waals surface area contributed by atoms with Gasteiger partial charge in [0, 0.05) is 4.88 Å². The summed E-state index contributed by atoms with van der Waals surface area (Å²) in [6, 6.07) is 11.0. The molecule has 8 heteroatoms. The van der Waals surface area contributed by atoms with E-state index in [2.05, 4.69) is 5.32 Å². The maximum absolute atomic E-state index is 12.6. The number of primary amides is 1. The Morgan fingerprint density at radius 3 is 2.52 bits per heavy atom. The number of esters is 1. The highest BCUT2D eigenvalue weighted by molar-refractivity contribution is 7.17. The van der Waals surface area contributed by atoms with Crippen LogP contribution in [0.1, 0.15) is 44.0 Å². The van der Waals surface area contributed by atoms with E-state index in [1.165, 1.54) is 18.4 Å². The van der Waals surface area contributed by atoms with Crippen LogP contribution < -0.4 is 15.8 Å². The van der Waals surface area contributed by atoms with Crippen LogP contribution in [-0.4, -0.2) is 31.5 Å². The van der Waals surface area contributed by atoms with Gasteiger partial charge in [-0.15, -0.1) is 11.3 Å². The van der Waals surface area contributed by atoms with Gasteiger partial charge in [-0.25, -0.2) is 4.79 Å². The number of anilines is 1. The van der Waals surface area contributed by atoms with Gasteiger partial charge in [0.2, 0.25) is 0 Å². The van der Waals surface area contributed by atoms with Gasteiger partial charge in [0.15, 0.2) is 6.61 Å². The van der Waals surface area contributed by atoms with Crippen LogP contribution in [0.5, 0.6) is 5.75 Å². The molecule has 1 aromatic heterocycles. The number of methoxy groups -OCH3 is 1. The minimum absolute atomic E-state index is 0.235. The van der Waals surface area contributed by atoms with Crippen molar-refractivity contribution in [2.24, 2.45) is 5.73 Å². The smallest absolute Gasteiger partial charge is 0.342 e. The largest absolute Gasteiger partial charge is 0.496 e. The maximum atomic E-state index is 12.6. The summed E-state index contributed by atoms with van der Waals surface area (Å²) in [4.78, 5) is 38.1. The van der Waals surface area contributed by atoms with Gasteiger partial charge in [0.1, 0.15) is 16.3 Å². The van der Waals surface area contributed by atoms with E-state index in [1.54, 1.807) is 12.1 Å². The van der Waals surface area contributed by atoms with E-state index >= 15 is 0 Å². The van der Waals surface area contributed by atoms with Crippen LogP contribution >= 0.6 is 11.3 Å². The van der Waals surface area contributed by atoms with E-state index < -0.39 is 24.4 Å². The second kappa shape index (κ2) is 8.77. The van der Waals surface area contributed by atoms with Crippen LogP contribution in [-0.2, 0) is 22.4 Å². The summed E-state index contributed by atoms with van der Waals surface area (Å²) in [5, 5.41) is 4.89. The van der Waals surface area contributed by atoms with Crippen LogP contribution in [0.3, 0.4) is 0 Å². The highest BCUT2D eigenvalue weighted by atomic mass is 32.1. The third-order valence-corrected chi connectivity index (χ3v) is 6.50. The molecular formula is C23H22N2O5S. The quantitative estimate of drug-likeness (QED) is 0.571. The molecule has 1 aliphatic rings. The second-order valence-electron chi connectivity index (χ2n) is 7.30. The van der Waals surface area contributed by atoms with Crippen LogP contribution in [0.4, 0.5) is 5.00 Å². The molecule has 1 heterocycles. The molecular weight excluding hydrogens is 416 g/mol. The normalized spacial score (nSPS) is 12.8. The Labute approximate surface area is 183 Å². The number of amides is 2. The van der Waals surface area contributed by atoms with Crippen molar-refractivity contribution in [2.75, 3.05) is 19.0 Å². The average Bonchev–Trinajstić information content (AvgIpc) is 3.14. The summed E-state index contributed by atoms with van der Waals surface area (Å²) >= 11 is 1.36. The third kappa shape index (κ3) is 4.25. The van der Waals surface area contributed by atoms with Crippen molar-refractivity contribution in [1.29, 1.82) is 0 Å². The Kier molecular flexibility index (Phi) is 5.90. The minimum Gasteiger partial charge on any atom is -0.496 e. The summed E-state index contributed by atoms with van der Waals surface area (Å²) in [7, 11) is 1.47. The number of nitrogens with one attached hydrogen (secondary N) is 1. The molecule has 1 aliphatic carbocycles. The Hall–Kier alpha value is -3.39. The molecule has 0 spiro atoms. The van der Waals surface area contributed by atoms with E-state index in [9.17, 15) is 14.4 Å². The summed E-state index contributed by atoms with van der Waals surface area (Å²) in [5.74, 6) is -1.40. The summed E-state index contributed by atoms with van der Waals surface area (Å²) < 4.78 is 10.5. The molecule has 0 bridgehead atoms. The first-order chi connectivity index (χ1) is 15.0. The van der Waals surface area contributed by atoms with Crippen LogP contribution in [0.15, 0.2) is 36.4 Å². The van der Waals surface area contributed by atoms with Gasteiger partial charge in [0.25, 0.3) is 11.8 Å². The number of fused-ring (bicyclic) bond motifs is 2. The topological polar surface area (TPSA) is 108 Å². The van der Waals surface area contributed by atoms with Gasteiger partial charge < -0.3 is 20.5 Å². The highest BCUT2D eigenvalue weighted by Gasteiger charge is 2.25. The molecule has 3 N–H and O–H groups in total. The average molecular weight is 439 g/mol. The predicted molar refractivity (Wildman–Crippen MR) is 119 cm³/mol. The first-order valence-corrected chi connectivity index (χ1v) is 10.8. The number of hydrogen-bond donors (Lipinski definition) is 2. The number of hydrogen-bond acceptors (Lipinski definition) is 6. The Morgan fingerprint density at radius 1 is 1.10 bits per heavy atom. The fourth-order valence-corrected chi connectivity index (χ4v) is 5.14. The molecule has 0 radical (unpaired) electrons. The number of nitrogens with two attached hydrogens (primary N) is 1. The summed E-state index contributed by atoms with van der Waals surface area (Å²) in [6.45, 7) is -0.490. The highest BCUT2D eigenvalue weighted by Crippen LogP contribution is 2.37. The number of benzene rings is 2. The van der Waals surface area contributed by atoms with Crippen LogP contribution in [0, 0.1) is 0 Å². The molecule has 0 atom stereocenters. The lowest BCUT2D eigenvalue weighted by molar-refractivity contribution is -0.119. The number of ether oxygens (including phenoxy) is 2. The maximum Gasteiger partial charge on any atom is 0.342 e. The molecule has 31 heavy (non-hydrogen) atoms. The molecule has 0 saturated carbocycles. The van der Waals surface area contributed by atoms with E-state index in [4.69, 9.17) is 15.2 Å². The number of rotatable bonds is 6. The van der Waals surface area contributed by atoms with E-state index in [-0.39, 0.29) is 5.56 Å². The van der Waals surface area contributed by atoms with Gasteiger partial charge in [-0.2, -0.15) is 0 Å². The Morgan fingerprint density at radius 2 is 1.81 bits per heavy atom. The fraction of sp³-hybridized carbons (Fsp3) is 0.261. The van der Waals surface area contributed by atoms with Crippen molar-refractivity contribution in [3.63, 3.8) is 0 Å².